The highest BCUT2D eigenvalue weighted by atomic mass is 79.9. The number of fused-ring (bicyclic) bond motifs is 1. The summed E-state index contributed by atoms with van der Waals surface area (Å²) in [4.78, 5) is 14.4. The van der Waals surface area contributed by atoms with Crippen LogP contribution in [0.25, 0.3) is 0 Å². The fourth-order valence-electron chi connectivity index (χ4n) is 3.22. The van der Waals surface area contributed by atoms with Crippen molar-refractivity contribution in [3.05, 3.63) is 28.7 Å². The van der Waals surface area contributed by atoms with Crippen LogP contribution in [0.4, 0.5) is 5.69 Å². The van der Waals surface area contributed by atoms with Gasteiger partial charge in [-0.25, -0.2) is 0 Å². The van der Waals surface area contributed by atoms with Crippen LogP contribution in [-0.2, 0) is 4.79 Å². The van der Waals surface area contributed by atoms with E-state index in [0.717, 1.165) is 42.1 Å². The number of carbonyl (C=O) groups is 1. The van der Waals surface area contributed by atoms with Gasteiger partial charge in [0.15, 0.2) is 0 Å². The predicted molar refractivity (Wildman–Crippen MR) is 91.0 cm³/mol. The molecule has 0 spiro atoms. The first-order valence-corrected chi connectivity index (χ1v) is 8.02. The Bertz CT molecular complexity index is 500. The van der Waals surface area contributed by atoms with Gasteiger partial charge in [0.2, 0.25) is 5.91 Å². The van der Waals surface area contributed by atoms with Crippen molar-refractivity contribution in [2.75, 3.05) is 31.5 Å². The van der Waals surface area contributed by atoms with Crippen LogP contribution >= 0.6 is 28.3 Å². The van der Waals surface area contributed by atoms with Gasteiger partial charge in [0.25, 0.3) is 0 Å². The van der Waals surface area contributed by atoms with Crippen LogP contribution in [0.3, 0.4) is 0 Å². The van der Waals surface area contributed by atoms with Gasteiger partial charge in [-0.1, -0.05) is 12.1 Å². The number of amides is 1. The summed E-state index contributed by atoms with van der Waals surface area (Å²) in [6.45, 7) is 3.68. The molecule has 0 aliphatic carbocycles. The van der Waals surface area contributed by atoms with Crippen molar-refractivity contribution in [2.45, 2.75) is 18.9 Å². The van der Waals surface area contributed by atoms with Crippen LogP contribution < -0.4 is 10.6 Å². The van der Waals surface area contributed by atoms with Crippen LogP contribution in [-0.4, -0.2) is 43.0 Å². The van der Waals surface area contributed by atoms with Crippen molar-refractivity contribution in [3.63, 3.8) is 0 Å². The third-order valence-corrected chi connectivity index (χ3v) is 4.95. The van der Waals surface area contributed by atoms with Crippen LogP contribution in [0.2, 0.25) is 0 Å². The number of hydrogen-bond acceptors (Lipinski definition) is 3. The second kappa shape index (κ2) is 7.58. The molecule has 6 heteroatoms. The molecule has 0 saturated carbocycles. The molecule has 1 aromatic rings. The van der Waals surface area contributed by atoms with E-state index in [1.54, 1.807) is 0 Å². The van der Waals surface area contributed by atoms with Crippen molar-refractivity contribution >= 4 is 39.9 Å². The Kier molecular flexibility index (Phi) is 6.05. The molecule has 2 saturated heterocycles. The highest BCUT2D eigenvalue weighted by Gasteiger charge is 2.32. The number of anilines is 1. The first-order valence-electron chi connectivity index (χ1n) is 7.22. The van der Waals surface area contributed by atoms with Crippen molar-refractivity contribution in [2.24, 2.45) is 5.92 Å². The van der Waals surface area contributed by atoms with Gasteiger partial charge in [-0.05, 0) is 53.4 Å². The summed E-state index contributed by atoms with van der Waals surface area (Å²) in [6.07, 6.45) is 2.40. The number of nitrogens with zero attached hydrogens (tertiary/aromatic N) is 1. The van der Waals surface area contributed by atoms with Gasteiger partial charge in [-0.15, -0.1) is 12.4 Å². The average Bonchev–Trinajstić information content (AvgIpc) is 2.89. The fraction of sp³-hybridized carbons (Fsp3) is 0.533. The van der Waals surface area contributed by atoms with Crippen molar-refractivity contribution in [1.29, 1.82) is 0 Å². The topological polar surface area (TPSA) is 44.4 Å². The van der Waals surface area contributed by atoms with E-state index >= 15 is 0 Å². The van der Waals surface area contributed by atoms with Gasteiger partial charge in [-0.3, -0.25) is 9.69 Å². The van der Waals surface area contributed by atoms with E-state index in [1.165, 1.54) is 6.42 Å². The maximum atomic E-state index is 12.1. The quantitative estimate of drug-likeness (QED) is 0.854. The summed E-state index contributed by atoms with van der Waals surface area (Å²) >= 11 is 3.45. The molecule has 2 N–H and O–H groups in total. The molecule has 2 aliphatic rings. The van der Waals surface area contributed by atoms with Crippen molar-refractivity contribution < 1.29 is 4.79 Å². The predicted octanol–water partition coefficient (Wildman–Crippen LogP) is 2.49. The van der Waals surface area contributed by atoms with Crippen LogP contribution in [0, 0.1) is 5.92 Å². The molecule has 2 heterocycles. The van der Waals surface area contributed by atoms with Crippen LogP contribution in [0.1, 0.15) is 12.8 Å². The number of likely N-dealkylation sites (tertiary alicyclic amines) is 1. The molecule has 1 amide bonds. The zero-order valence-corrected chi connectivity index (χ0v) is 14.3. The van der Waals surface area contributed by atoms with Crippen molar-refractivity contribution in [1.82, 2.24) is 10.2 Å². The first kappa shape index (κ1) is 16.7. The third kappa shape index (κ3) is 4.19. The third-order valence-electron chi connectivity index (χ3n) is 4.25. The van der Waals surface area contributed by atoms with E-state index in [0.29, 0.717) is 12.6 Å². The lowest BCUT2D eigenvalue weighted by Gasteiger charge is -2.34. The Morgan fingerprint density at radius 3 is 3.00 bits per heavy atom. The van der Waals surface area contributed by atoms with E-state index in [9.17, 15) is 4.79 Å². The molecular weight excluding hydrogens is 354 g/mol. The van der Waals surface area contributed by atoms with Gasteiger partial charge in [0.1, 0.15) is 0 Å². The summed E-state index contributed by atoms with van der Waals surface area (Å²) in [7, 11) is 0. The van der Waals surface area contributed by atoms with Gasteiger partial charge in [0.05, 0.1) is 12.2 Å². The van der Waals surface area contributed by atoms with Crippen LogP contribution in [0.5, 0.6) is 0 Å². The molecular formula is C15H21BrClN3O. The second-order valence-corrected chi connectivity index (χ2v) is 6.52. The fourth-order valence-corrected chi connectivity index (χ4v) is 3.61. The number of piperidine rings is 1. The Morgan fingerprint density at radius 1 is 1.38 bits per heavy atom. The highest BCUT2D eigenvalue weighted by Crippen LogP contribution is 2.25. The highest BCUT2D eigenvalue weighted by molar-refractivity contribution is 9.10. The molecule has 21 heavy (non-hydrogen) atoms. The maximum Gasteiger partial charge on any atom is 0.238 e. The van der Waals surface area contributed by atoms with Gasteiger partial charge >= 0.3 is 0 Å². The lowest BCUT2D eigenvalue weighted by atomic mass is 9.93. The standard InChI is InChI=1S/C15H20BrN3O.ClH/c16-12-3-1-2-4-14(12)18-15(20)10-19-8-6-13-11(9-19)5-7-17-13;/h1-4,11,13,17H,5-10H2,(H,18,20);1H. The van der Waals surface area contributed by atoms with Gasteiger partial charge < -0.3 is 10.6 Å². The molecule has 0 aromatic heterocycles. The summed E-state index contributed by atoms with van der Waals surface area (Å²) in [6, 6.07) is 8.39. The van der Waals surface area contributed by atoms with Crippen LogP contribution in [0.15, 0.2) is 28.7 Å². The molecule has 2 atom stereocenters. The number of nitrogens with one attached hydrogen (secondary N) is 2. The number of para-hydroxylation sites is 1. The molecule has 0 radical (unpaired) electrons. The number of benzene rings is 1. The summed E-state index contributed by atoms with van der Waals surface area (Å²) in [5.41, 5.74) is 0.843. The first-order chi connectivity index (χ1) is 9.72. The number of halogens is 2. The minimum Gasteiger partial charge on any atom is -0.324 e. The smallest absolute Gasteiger partial charge is 0.238 e. The van der Waals surface area contributed by atoms with E-state index in [-0.39, 0.29) is 18.3 Å². The van der Waals surface area contributed by atoms with Crippen molar-refractivity contribution in [3.8, 4) is 0 Å². The molecule has 4 nitrogen and oxygen atoms in total. The lowest BCUT2D eigenvalue weighted by molar-refractivity contribution is -0.117. The summed E-state index contributed by atoms with van der Waals surface area (Å²) in [5.74, 6) is 0.793. The number of rotatable bonds is 3. The Hall–Kier alpha value is -0.620. The molecule has 1 aromatic carbocycles. The summed E-state index contributed by atoms with van der Waals surface area (Å²) < 4.78 is 0.923. The van der Waals surface area contributed by atoms with E-state index < -0.39 is 0 Å². The molecule has 2 aliphatic heterocycles. The van der Waals surface area contributed by atoms with Gasteiger partial charge in [-0.2, -0.15) is 0 Å². The SMILES string of the molecule is Cl.O=C(CN1CCC2NCCC2C1)Nc1ccccc1Br. The zero-order valence-electron chi connectivity index (χ0n) is 11.8. The average molecular weight is 375 g/mol. The normalized spacial score (nSPS) is 25.0. The Balaban J connectivity index is 0.00000161. The zero-order chi connectivity index (χ0) is 13.9. The van der Waals surface area contributed by atoms with E-state index in [1.807, 2.05) is 24.3 Å². The number of carbonyl (C=O) groups excluding carboxylic acids is 1. The second-order valence-electron chi connectivity index (χ2n) is 5.66. The lowest BCUT2D eigenvalue weighted by Crippen LogP contribution is -2.46. The molecule has 116 valence electrons. The summed E-state index contributed by atoms with van der Waals surface area (Å²) in [5, 5.41) is 6.52. The maximum absolute atomic E-state index is 12.1. The van der Waals surface area contributed by atoms with E-state index in [4.69, 9.17) is 0 Å². The molecule has 0 bridgehead atoms. The monoisotopic (exact) mass is 373 g/mol. The Morgan fingerprint density at radius 2 is 2.19 bits per heavy atom. The molecule has 3 rings (SSSR count). The molecule has 2 fully saturated rings. The largest absolute Gasteiger partial charge is 0.324 e. The number of hydrogen-bond donors (Lipinski definition) is 2. The van der Waals surface area contributed by atoms with E-state index in [2.05, 4.69) is 31.5 Å². The van der Waals surface area contributed by atoms with Gasteiger partial charge in [0, 0.05) is 23.6 Å². The Labute approximate surface area is 140 Å². The molecule has 2 unspecified atom stereocenters. The minimum atomic E-state index is 0. The minimum absolute atomic E-state index is 0.